The second-order valence-electron chi connectivity index (χ2n) is 4.09. The molecule has 0 radical (unpaired) electrons. The molecule has 0 aromatic carbocycles. The largest absolute Gasteiger partial charge is 0.394 e. The van der Waals surface area contributed by atoms with Gasteiger partial charge in [-0.2, -0.15) is 0 Å². The van der Waals surface area contributed by atoms with Crippen LogP contribution in [0.3, 0.4) is 0 Å². The predicted molar refractivity (Wildman–Crippen MR) is 59.8 cm³/mol. The molecule has 1 unspecified atom stereocenters. The first-order chi connectivity index (χ1) is 7.22. The minimum atomic E-state index is 0.170. The van der Waals surface area contributed by atoms with Crippen molar-refractivity contribution in [3.8, 4) is 0 Å². The van der Waals surface area contributed by atoms with Crippen LogP contribution < -0.4 is 10.6 Å². The van der Waals surface area contributed by atoms with Crippen LogP contribution in [0.2, 0.25) is 0 Å². The van der Waals surface area contributed by atoms with Gasteiger partial charge in [-0.05, 0) is 26.2 Å². The first kappa shape index (κ1) is 10.3. The minimum absolute atomic E-state index is 0.170. The molecule has 0 amide bonds. The number of nitrogens with two attached hydrogens (primary N) is 1. The maximum atomic E-state index is 9.30. The highest BCUT2D eigenvalue weighted by Gasteiger charge is 2.25. The molecule has 0 spiro atoms. The lowest BCUT2D eigenvalue weighted by Gasteiger charge is -2.35. The Labute approximate surface area is 89.3 Å². The zero-order valence-electron chi connectivity index (χ0n) is 9.03. The lowest BCUT2D eigenvalue weighted by molar-refractivity contribution is 0.239. The average Bonchev–Trinajstić information content (AvgIpc) is 2.57. The molecule has 0 aliphatic carbocycles. The molecule has 1 fully saturated rings. The highest BCUT2D eigenvalue weighted by atomic mass is 16.3. The van der Waals surface area contributed by atoms with E-state index in [0.29, 0.717) is 5.82 Å². The summed E-state index contributed by atoms with van der Waals surface area (Å²) in [7, 11) is 0. The van der Waals surface area contributed by atoms with E-state index in [-0.39, 0.29) is 12.6 Å². The van der Waals surface area contributed by atoms with Crippen molar-refractivity contribution in [2.75, 3.05) is 23.8 Å². The molecule has 1 aromatic rings. The van der Waals surface area contributed by atoms with Crippen LogP contribution in [0.5, 0.6) is 0 Å². The van der Waals surface area contributed by atoms with Crippen LogP contribution in [0, 0.1) is 6.92 Å². The van der Waals surface area contributed by atoms with Gasteiger partial charge in [0.2, 0.25) is 0 Å². The van der Waals surface area contributed by atoms with E-state index in [1.165, 1.54) is 6.42 Å². The SMILES string of the molecule is Cc1nc(N2CCCCC2CO)c(N)[nH]1. The number of aliphatic hydroxyl groups is 1. The summed E-state index contributed by atoms with van der Waals surface area (Å²) in [6, 6.07) is 0.170. The fraction of sp³-hybridized carbons (Fsp3) is 0.700. The van der Waals surface area contributed by atoms with Crippen LogP contribution in [0.25, 0.3) is 0 Å². The number of imidazole rings is 1. The average molecular weight is 210 g/mol. The number of nitrogens with one attached hydrogen (secondary N) is 1. The van der Waals surface area contributed by atoms with Crippen LogP contribution in [0.1, 0.15) is 25.1 Å². The minimum Gasteiger partial charge on any atom is -0.394 e. The maximum Gasteiger partial charge on any atom is 0.171 e. The van der Waals surface area contributed by atoms with Gasteiger partial charge in [0.15, 0.2) is 5.82 Å². The number of anilines is 2. The van der Waals surface area contributed by atoms with Gasteiger partial charge in [0.25, 0.3) is 0 Å². The van der Waals surface area contributed by atoms with E-state index in [0.717, 1.165) is 31.0 Å². The molecule has 1 aliphatic heterocycles. The molecule has 1 atom stereocenters. The number of aromatic nitrogens is 2. The lowest BCUT2D eigenvalue weighted by Crippen LogP contribution is -2.42. The number of nitrogen functional groups attached to an aromatic ring is 1. The Morgan fingerprint density at radius 3 is 3.00 bits per heavy atom. The number of aliphatic hydroxyl groups excluding tert-OH is 1. The van der Waals surface area contributed by atoms with E-state index in [1.807, 2.05) is 6.92 Å². The van der Waals surface area contributed by atoms with Gasteiger partial charge in [-0.15, -0.1) is 0 Å². The zero-order valence-corrected chi connectivity index (χ0v) is 9.03. The quantitative estimate of drug-likeness (QED) is 0.669. The smallest absolute Gasteiger partial charge is 0.171 e. The van der Waals surface area contributed by atoms with Gasteiger partial charge < -0.3 is 20.7 Å². The van der Waals surface area contributed by atoms with Crippen LogP contribution in [0.15, 0.2) is 0 Å². The monoisotopic (exact) mass is 210 g/mol. The molecule has 84 valence electrons. The molecule has 2 rings (SSSR count). The molecule has 1 saturated heterocycles. The molecule has 0 bridgehead atoms. The normalized spacial score (nSPS) is 22.0. The summed E-state index contributed by atoms with van der Waals surface area (Å²) in [4.78, 5) is 9.47. The Kier molecular flexibility index (Phi) is 2.81. The van der Waals surface area contributed by atoms with E-state index < -0.39 is 0 Å². The van der Waals surface area contributed by atoms with E-state index in [2.05, 4.69) is 14.9 Å². The summed E-state index contributed by atoms with van der Waals surface area (Å²) in [6.45, 7) is 2.99. The molecular weight excluding hydrogens is 192 g/mol. The fourth-order valence-electron chi connectivity index (χ4n) is 2.19. The van der Waals surface area contributed by atoms with Gasteiger partial charge in [0.1, 0.15) is 11.6 Å². The summed E-state index contributed by atoms with van der Waals surface area (Å²) in [5.41, 5.74) is 5.85. The number of aryl methyl sites for hydroxylation is 1. The number of H-pyrrole nitrogens is 1. The van der Waals surface area contributed by atoms with E-state index in [4.69, 9.17) is 5.73 Å². The number of piperidine rings is 1. The van der Waals surface area contributed by atoms with Crippen molar-refractivity contribution >= 4 is 11.6 Å². The predicted octanol–water partition coefficient (Wildman–Crippen LogP) is 0.652. The molecule has 1 aromatic heterocycles. The fourth-order valence-corrected chi connectivity index (χ4v) is 2.19. The Bertz CT molecular complexity index is 336. The highest BCUT2D eigenvalue weighted by Crippen LogP contribution is 2.27. The number of hydrogen-bond donors (Lipinski definition) is 3. The van der Waals surface area contributed by atoms with Gasteiger partial charge in [-0.1, -0.05) is 0 Å². The van der Waals surface area contributed by atoms with E-state index in [9.17, 15) is 5.11 Å². The van der Waals surface area contributed by atoms with Crippen molar-refractivity contribution < 1.29 is 5.11 Å². The van der Waals surface area contributed by atoms with Gasteiger partial charge in [0, 0.05) is 6.54 Å². The molecule has 1 aliphatic rings. The van der Waals surface area contributed by atoms with Gasteiger partial charge in [0.05, 0.1) is 12.6 Å². The van der Waals surface area contributed by atoms with E-state index >= 15 is 0 Å². The second kappa shape index (κ2) is 4.10. The molecular formula is C10H18N4O. The molecule has 2 heterocycles. The standard InChI is InChI=1S/C10H18N4O/c1-7-12-9(11)10(13-7)14-5-3-2-4-8(14)6-15/h8,15H,2-6,11H2,1H3,(H,12,13). The Morgan fingerprint density at radius 2 is 2.40 bits per heavy atom. The molecule has 5 nitrogen and oxygen atoms in total. The third-order valence-electron chi connectivity index (χ3n) is 2.94. The van der Waals surface area contributed by atoms with Crippen molar-refractivity contribution in [2.45, 2.75) is 32.2 Å². The topological polar surface area (TPSA) is 78.2 Å². The third kappa shape index (κ3) is 1.92. The number of nitrogens with zero attached hydrogens (tertiary/aromatic N) is 2. The van der Waals surface area contributed by atoms with E-state index in [1.54, 1.807) is 0 Å². The first-order valence-corrected chi connectivity index (χ1v) is 5.42. The van der Waals surface area contributed by atoms with Crippen molar-refractivity contribution in [1.82, 2.24) is 9.97 Å². The number of aromatic amines is 1. The van der Waals surface area contributed by atoms with Crippen LogP contribution in [0.4, 0.5) is 11.6 Å². The maximum absolute atomic E-state index is 9.30. The van der Waals surface area contributed by atoms with Crippen LogP contribution in [-0.4, -0.2) is 34.3 Å². The Balaban J connectivity index is 2.23. The van der Waals surface area contributed by atoms with Crippen molar-refractivity contribution in [3.63, 3.8) is 0 Å². The number of rotatable bonds is 2. The molecule has 4 N–H and O–H groups in total. The van der Waals surface area contributed by atoms with Gasteiger partial charge in [-0.3, -0.25) is 0 Å². The third-order valence-corrected chi connectivity index (χ3v) is 2.94. The van der Waals surface area contributed by atoms with Gasteiger partial charge >= 0.3 is 0 Å². The van der Waals surface area contributed by atoms with Crippen molar-refractivity contribution in [1.29, 1.82) is 0 Å². The van der Waals surface area contributed by atoms with Crippen LogP contribution in [-0.2, 0) is 0 Å². The van der Waals surface area contributed by atoms with Gasteiger partial charge in [-0.25, -0.2) is 4.98 Å². The number of hydrogen-bond acceptors (Lipinski definition) is 4. The summed E-state index contributed by atoms with van der Waals surface area (Å²) in [5.74, 6) is 2.23. The Morgan fingerprint density at radius 1 is 1.60 bits per heavy atom. The zero-order chi connectivity index (χ0) is 10.8. The summed E-state index contributed by atoms with van der Waals surface area (Å²) in [6.07, 6.45) is 3.33. The summed E-state index contributed by atoms with van der Waals surface area (Å²) in [5, 5.41) is 9.30. The summed E-state index contributed by atoms with van der Waals surface area (Å²) < 4.78 is 0. The molecule has 0 saturated carbocycles. The van der Waals surface area contributed by atoms with Crippen LogP contribution >= 0.6 is 0 Å². The van der Waals surface area contributed by atoms with Crippen molar-refractivity contribution in [2.24, 2.45) is 0 Å². The molecule has 15 heavy (non-hydrogen) atoms. The molecule has 5 heteroatoms. The first-order valence-electron chi connectivity index (χ1n) is 5.42. The summed E-state index contributed by atoms with van der Waals surface area (Å²) >= 11 is 0. The second-order valence-corrected chi connectivity index (χ2v) is 4.09. The van der Waals surface area contributed by atoms with Crippen molar-refractivity contribution in [3.05, 3.63) is 5.82 Å². The Hall–Kier alpha value is -1.23. The highest BCUT2D eigenvalue weighted by molar-refractivity contribution is 5.59. The lowest BCUT2D eigenvalue weighted by atomic mass is 10.0.